The van der Waals surface area contributed by atoms with Gasteiger partial charge in [-0.1, -0.05) is 6.92 Å². The van der Waals surface area contributed by atoms with E-state index in [4.69, 9.17) is 9.84 Å². The number of ether oxygens (including phenoxy) is 1. The van der Waals surface area contributed by atoms with E-state index < -0.39 is 17.7 Å². The van der Waals surface area contributed by atoms with E-state index in [0.717, 1.165) is 5.56 Å². The Bertz CT molecular complexity index is 406. The van der Waals surface area contributed by atoms with Crippen molar-refractivity contribution >= 4 is 21.9 Å². The van der Waals surface area contributed by atoms with Crippen LogP contribution < -0.4 is 4.74 Å². The lowest BCUT2D eigenvalue weighted by Gasteiger charge is -2.10. The molecule has 0 heterocycles. The average molecular weight is 291 g/mol. The van der Waals surface area contributed by atoms with Crippen molar-refractivity contribution in [3.05, 3.63) is 28.0 Å². The highest BCUT2D eigenvalue weighted by Gasteiger charge is 2.15. The summed E-state index contributed by atoms with van der Waals surface area (Å²) in [5, 5.41) is 8.78. The van der Waals surface area contributed by atoms with E-state index >= 15 is 0 Å². The fourth-order valence-electron chi connectivity index (χ4n) is 1.32. The maximum Gasteiger partial charge on any atom is 0.306 e. The van der Waals surface area contributed by atoms with Crippen molar-refractivity contribution in [2.45, 2.75) is 13.3 Å². The lowest BCUT2D eigenvalue weighted by molar-refractivity contribution is -0.141. The van der Waals surface area contributed by atoms with Crippen LogP contribution in [0.25, 0.3) is 0 Å². The quantitative estimate of drug-likeness (QED) is 0.927. The van der Waals surface area contributed by atoms with Crippen LogP contribution in [-0.4, -0.2) is 18.2 Å². The molecule has 3 nitrogen and oxygen atoms in total. The summed E-state index contributed by atoms with van der Waals surface area (Å²) in [5.74, 6) is -1.75. The lowest BCUT2D eigenvalue weighted by atomic mass is 10.0. The number of carbonyl (C=O) groups is 1. The zero-order chi connectivity index (χ0) is 12.3. The summed E-state index contributed by atoms with van der Waals surface area (Å²) in [6.07, 6.45) is 0.338. The van der Waals surface area contributed by atoms with Gasteiger partial charge < -0.3 is 9.84 Å². The molecule has 1 aromatic carbocycles. The molecule has 0 amide bonds. The Balaban J connectivity index is 2.98. The largest absolute Gasteiger partial charge is 0.494 e. The number of benzene rings is 1. The third kappa shape index (κ3) is 2.95. The zero-order valence-electron chi connectivity index (χ0n) is 8.96. The minimum Gasteiger partial charge on any atom is -0.494 e. The highest BCUT2D eigenvalue weighted by Crippen LogP contribution is 2.28. The molecule has 1 rings (SSSR count). The molecule has 0 aliphatic rings. The minimum atomic E-state index is -0.876. The van der Waals surface area contributed by atoms with Crippen molar-refractivity contribution in [3.8, 4) is 5.75 Å². The van der Waals surface area contributed by atoms with Gasteiger partial charge in [-0.3, -0.25) is 4.79 Å². The Morgan fingerprint density at radius 3 is 2.75 bits per heavy atom. The Morgan fingerprint density at radius 2 is 2.25 bits per heavy atom. The molecule has 0 fully saturated rings. The van der Waals surface area contributed by atoms with Crippen LogP contribution >= 0.6 is 15.9 Å². The van der Waals surface area contributed by atoms with E-state index in [0.29, 0.717) is 6.42 Å². The van der Waals surface area contributed by atoms with Gasteiger partial charge in [0, 0.05) is 0 Å². The third-order valence-corrected chi connectivity index (χ3v) is 2.82. The highest BCUT2D eigenvalue weighted by molar-refractivity contribution is 9.10. The summed E-state index contributed by atoms with van der Waals surface area (Å²) in [4.78, 5) is 10.7. The first kappa shape index (κ1) is 13.0. The van der Waals surface area contributed by atoms with Gasteiger partial charge in [0.05, 0.1) is 17.5 Å². The molecular formula is C11H12BrFO3. The van der Waals surface area contributed by atoms with Gasteiger partial charge >= 0.3 is 5.97 Å². The summed E-state index contributed by atoms with van der Waals surface area (Å²) in [7, 11) is 1.37. The van der Waals surface area contributed by atoms with Crippen molar-refractivity contribution in [1.29, 1.82) is 0 Å². The second kappa shape index (κ2) is 5.30. The van der Waals surface area contributed by atoms with Crippen LogP contribution in [0.15, 0.2) is 16.6 Å². The molecule has 0 aromatic heterocycles. The van der Waals surface area contributed by atoms with E-state index in [2.05, 4.69) is 15.9 Å². The van der Waals surface area contributed by atoms with Crippen LogP contribution in [0.3, 0.4) is 0 Å². The molecule has 0 aliphatic carbocycles. The molecule has 88 valence electrons. The fraction of sp³-hybridized carbons (Fsp3) is 0.364. The molecule has 0 bridgehead atoms. The molecule has 0 radical (unpaired) electrons. The molecule has 1 aromatic rings. The van der Waals surface area contributed by atoms with Crippen LogP contribution in [0.5, 0.6) is 5.75 Å². The maximum absolute atomic E-state index is 13.4. The Hall–Kier alpha value is -1.10. The predicted molar refractivity (Wildman–Crippen MR) is 61.2 cm³/mol. The smallest absolute Gasteiger partial charge is 0.306 e. The Labute approximate surface area is 101 Å². The van der Waals surface area contributed by atoms with Crippen molar-refractivity contribution in [2.75, 3.05) is 7.11 Å². The number of halogens is 2. The van der Waals surface area contributed by atoms with E-state index in [1.807, 2.05) is 0 Å². The van der Waals surface area contributed by atoms with E-state index in [1.165, 1.54) is 13.2 Å². The van der Waals surface area contributed by atoms with Crippen molar-refractivity contribution in [3.63, 3.8) is 0 Å². The summed E-state index contributed by atoms with van der Waals surface area (Å²) >= 11 is 3.06. The lowest BCUT2D eigenvalue weighted by Crippen LogP contribution is -2.12. The first-order chi connectivity index (χ1) is 7.45. The Morgan fingerprint density at radius 1 is 1.62 bits per heavy atom. The van der Waals surface area contributed by atoms with Gasteiger partial charge in [0.2, 0.25) is 0 Å². The van der Waals surface area contributed by atoms with E-state index in [1.54, 1.807) is 13.0 Å². The third-order valence-electron chi connectivity index (χ3n) is 2.24. The SMILES string of the molecule is COc1cc(CC(C)C(=O)O)cc(Br)c1F. The molecule has 0 saturated heterocycles. The topological polar surface area (TPSA) is 46.5 Å². The average Bonchev–Trinajstić information content (AvgIpc) is 2.22. The van der Waals surface area contributed by atoms with Crippen LogP contribution in [0.2, 0.25) is 0 Å². The van der Waals surface area contributed by atoms with E-state index in [9.17, 15) is 9.18 Å². The molecule has 0 saturated carbocycles. The van der Waals surface area contributed by atoms with Crippen molar-refractivity contribution < 1.29 is 19.0 Å². The summed E-state index contributed by atoms with van der Waals surface area (Å²) in [5.41, 5.74) is 0.722. The number of rotatable bonds is 4. The molecule has 0 spiro atoms. The van der Waals surface area contributed by atoms with Crippen LogP contribution in [0, 0.1) is 11.7 Å². The van der Waals surface area contributed by atoms with Crippen molar-refractivity contribution in [2.24, 2.45) is 5.92 Å². The number of carboxylic acid groups (broad SMARTS) is 1. The molecule has 1 N–H and O–H groups in total. The summed E-state index contributed by atoms with van der Waals surface area (Å²) in [6.45, 7) is 1.60. The second-order valence-electron chi connectivity index (χ2n) is 3.54. The molecule has 5 heteroatoms. The second-order valence-corrected chi connectivity index (χ2v) is 4.39. The molecular weight excluding hydrogens is 279 g/mol. The fourth-order valence-corrected chi connectivity index (χ4v) is 1.81. The van der Waals surface area contributed by atoms with E-state index in [-0.39, 0.29) is 10.2 Å². The maximum atomic E-state index is 13.4. The van der Waals surface area contributed by atoms with Gasteiger partial charge in [0.25, 0.3) is 0 Å². The van der Waals surface area contributed by atoms with Gasteiger partial charge in [0.15, 0.2) is 11.6 Å². The van der Waals surface area contributed by atoms with Gasteiger partial charge in [-0.25, -0.2) is 4.39 Å². The number of hydrogen-bond donors (Lipinski definition) is 1. The standard InChI is InChI=1S/C11H12BrFO3/c1-6(11(14)15)3-7-4-8(12)10(13)9(5-7)16-2/h4-6H,3H2,1-2H3,(H,14,15). The summed E-state index contributed by atoms with van der Waals surface area (Å²) < 4.78 is 18.5. The molecule has 0 aliphatic heterocycles. The number of carboxylic acids is 1. The number of aliphatic carboxylic acids is 1. The first-order valence-corrected chi connectivity index (χ1v) is 5.49. The zero-order valence-corrected chi connectivity index (χ0v) is 10.5. The van der Waals surface area contributed by atoms with Crippen molar-refractivity contribution in [1.82, 2.24) is 0 Å². The molecule has 1 atom stereocenters. The van der Waals surface area contributed by atoms with Gasteiger partial charge in [-0.05, 0) is 40.0 Å². The van der Waals surface area contributed by atoms with Crippen LogP contribution in [0.4, 0.5) is 4.39 Å². The molecule has 1 unspecified atom stereocenters. The summed E-state index contributed by atoms with van der Waals surface area (Å²) in [6, 6.07) is 3.08. The monoisotopic (exact) mass is 290 g/mol. The van der Waals surface area contributed by atoms with Gasteiger partial charge in [-0.2, -0.15) is 0 Å². The van der Waals surface area contributed by atoms with Gasteiger partial charge in [0.1, 0.15) is 0 Å². The normalized spacial score (nSPS) is 12.2. The number of methoxy groups -OCH3 is 1. The van der Waals surface area contributed by atoms with Crippen LogP contribution in [0.1, 0.15) is 12.5 Å². The Kier molecular flexibility index (Phi) is 4.29. The number of hydrogen-bond acceptors (Lipinski definition) is 2. The highest BCUT2D eigenvalue weighted by atomic mass is 79.9. The first-order valence-electron chi connectivity index (χ1n) is 4.70. The minimum absolute atomic E-state index is 0.113. The van der Waals surface area contributed by atoms with Gasteiger partial charge in [-0.15, -0.1) is 0 Å². The predicted octanol–water partition coefficient (Wildman–Crippen LogP) is 2.86. The van der Waals surface area contributed by atoms with Crippen LogP contribution in [-0.2, 0) is 11.2 Å². The molecule has 16 heavy (non-hydrogen) atoms.